The number of hydrogen-bond acceptors (Lipinski definition) is 4. The molecule has 0 aromatic carbocycles. The Hall–Kier alpha value is -1.39. The normalized spacial score (nSPS) is 16.4. The van der Waals surface area contributed by atoms with Crippen molar-refractivity contribution in [2.24, 2.45) is 0 Å². The summed E-state index contributed by atoms with van der Waals surface area (Å²) in [5.41, 5.74) is 2.67. The number of hydrogen-bond donors (Lipinski definition) is 0. The molecule has 3 rings (SSSR count). The molecule has 88 valence electrons. The van der Waals surface area contributed by atoms with Gasteiger partial charge in [-0.1, -0.05) is 11.6 Å². The maximum atomic E-state index is 6.06. The Morgan fingerprint density at radius 1 is 1.24 bits per heavy atom. The average molecular weight is 250 g/mol. The van der Waals surface area contributed by atoms with Crippen LogP contribution in [0, 0.1) is 0 Å². The molecule has 1 saturated heterocycles. The van der Waals surface area contributed by atoms with Gasteiger partial charge < -0.3 is 9.64 Å². The van der Waals surface area contributed by atoms with Crippen molar-refractivity contribution in [3.8, 4) is 0 Å². The Morgan fingerprint density at radius 3 is 2.88 bits per heavy atom. The highest BCUT2D eigenvalue weighted by Gasteiger charge is 2.12. The van der Waals surface area contributed by atoms with Gasteiger partial charge in [0.05, 0.1) is 35.6 Å². The Morgan fingerprint density at radius 2 is 2.06 bits per heavy atom. The van der Waals surface area contributed by atoms with Crippen LogP contribution in [0.5, 0.6) is 0 Å². The summed E-state index contributed by atoms with van der Waals surface area (Å²) in [6.45, 7) is 3.32. The summed E-state index contributed by atoms with van der Waals surface area (Å²) in [5, 5.41) is 0.642. The zero-order valence-electron chi connectivity index (χ0n) is 9.27. The lowest BCUT2D eigenvalue weighted by molar-refractivity contribution is 0.122. The van der Waals surface area contributed by atoms with Gasteiger partial charge >= 0.3 is 0 Å². The number of halogens is 1. The van der Waals surface area contributed by atoms with Crippen molar-refractivity contribution in [2.45, 2.75) is 0 Å². The summed E-state index contributed by atoms with van der Waals surface area (Å²) < 4.78 is 5.33. The minimum Gasteiger partial charge on any atom is -0.378 e. The van der Waals surface area contributed by atoms with E-state index in [0.717, 1.165) is 43.0 Å². The van der Waals surface area contributed by atoms with Gasteiger partial charge in [0.15, 0.2) is 0 Å². The van der Waals surface area contributed by atoms with Gasteiger partial charge in [0.25, 0.3) is 0 Å². The maximum absolute atomic E-state index is 6.06. The van der Waals surface area contributed by atoms with Crippen molar-refractivity contribution >= 4 is 28.3 Å². The van der Waals surface area contributed by atoms with E-state index < -0.39 is 0 Å². The summed E-state index contributed by atoms with van der Waals surface area (Å²) in [6.07, 6.45) is 3.55. The molecule has 0 spiro atoms. The largest absolute Gasteiger partial charge is 0.378 e. The SMILES string of the molecule is Clc1ccnc2cc(N3CCOCC3)cnc12. The van der Waals surface area contributed by atoms with Crippen molar-refractivity contribution in [2.75, 3.05) is 31.2 Å². The van der Waals surface area contributed by atoms with Gasteiger partial charge in [-0.3, -0.25) is 9.97 Å². The van der Waals surface area contributed by atoms with Crippen LogP contribution in [0.3, 0.4) is 0 Å². The molecule has 0 amide bonds. The first kappa shape index (κ1) is 10.7. The summed E-state index contributed by atoms with van der Waals surface area (Å²) in [7, 11) is 0. The molecule has 3 heterocycles. The van der Waals surface area contributed by atoms with Gasteiger partial charge in [-0.05, 0) is 12.1 Å². The zero-order valence-corrected chi connectivity index (χ0v) is 10.0. The lowest BCUT2D eigenvalue weighted by Gasteiger charge is -2.28. The first-order valence-corrected chi connectivity index (χ1v) is 5.95. The van der Waals surface area contributed by atoms with Crippen LogP contribution in [0.2, 0.25) is 5.02 Å². The third kappa shape index (κ3) is 2.06. The number of ether oxygens (including phenoxy) is 1. The van der Waals surface area contributed by atoms with Crippen molar-refractivity contribution in [3.63, 3.8) is 0 Å². The molecule has 0 bridgehead atoms. The smallest absolute Gasteiger partial charge is 0.107 e. The molecule has 0 aliphatic carbocycles. The molecule has 1 aliphatic rings. The second-order valence-corrected chi connectivity index (χ2v) is 4.36. The number of anilines is 1. The number of morpholine rings is 1. The van der Waals surface area contributed by atoms with Crippen LogP contribution in [-0.2, 0) is 4.74 Å². The third-order valence-electron chi connectivity index (χ3n) is 2.89. The summed E-state index contributed by atoms with van der Waals surface area (Å²) >= 11 is 6.06. The second-order valence-electron chi connectivity index (χ2n) is 3.95. The van der Waals surface area contributed by atoms with E-state index in [2.05, 4.69) is 14.9 Å². The molecular weight excluding hydrogens is 238 g/mol. The standard InChI is InChI=1S/C12H12ClN3O/c13-10-1-2-14-11-7-9(8-15-12(10)11)16-3-5-17-6-4-16/h1-2,7-8H,3-6H2. The molecular formula is C12H12ClN3O. The van der Waals surface area contributed by atoms with E-state index >= 15 is 0 Å². The summed E-state index contributed by atoms with van der Waals surface area (Å²) in [4.78, 5) is 10.9. The van der Waals surface area contributed by atoms with Gasteiger partial charge in [0.1, 0.15) is 5.52 Å². The van der Waals surface area contributed by atoms with Crippen molar-refractivity contribution in [1.29, 1.82) is 0 Å². The van der Waals surface area contributed by atoms with Crippen LogP contribution >= 0.6 is 11.6 Å². The van der Waals surface area contributed by atoms with Crippen LogP contribution < -0.4 is 4.90 Å². The first-order chi connectivity index (χ1) is 8.34. The highest BCUT2D eigenvalue weighted by Crippen LogP contribution is 2.23. The lowest BCUT2D eigenvalue weighted by Crippen LogP contribution is -2.36. The molecule has 4 nitrogen and oxygen atoms in total. The Bertz CT molecular complexity index is 540. The van der Waals surface area contributed by atoms with E-state index in [1.165, 1.54) is 0 Å². The van der Waals surface area contributed by atoms with Gasteiger partial charge in [-0.15, -0.1) is 0 Å². The second kappa shape index (κ2) is 4.47. The van der Waals surface area contributed by atoms with E-state index in [9.17, 15) is 0 Å². The molecule has 2 aromatic heterocycles. The molecule has 2 aromatic rings. The molecule has 0 N–H and O–H groups in total. The molecule has 0 atom stereocenters. The first-order valence-electron chi connectivity index (χ1n) is 5.57. The van der Waals surface area contributed by atoms with E-state index in [4.69, 9.17) is 16.3 Å². The minimum atomic E-state index is 0.642. The molecule has 0 radical (unpaired) electrons. The van der Waals surface area contributed by atoms with Crippen LogP contribution in [0.1, 0.15) is 0 Å². The predicted molar refractivity (Wildman–Crippen MR) is 67.6 cm³/mol. The number of aromatic nitrogens is 2. The molecule has 0 unspecified atom stereocenters. The predicted octanol–water partition coefficient (Wildman–Crippen LogP) is 2.12. The third-order valence-corrected chi connectivity index (χ3v) is 3.20. The summed E-state index contributed by atoms with van der Waals surface area (Å²) in [5.74, 6) is 0. The fourth-order valence-corrected chi connectivity index (χ4v) is 2.18. The van der Waals surface area contributed by atoms with Crippen LogP contribution in [0.15, 0.2) is 24.5 Å². The van der Waals surface area contributed by atoms with Crippen LogP contribution in [-0.4, -0.2) is 36.3 Å². The van der Waals surface area contributed by atoms with E-state index in [0.29, 0.717) is 5.02 Å². The topological polar surface area (TPSA) is 38.2 Å². The molecule has 1 aliphatic heterocycles. The minimum absolute atomic E-state index is 0.642. The fourth-order valence-electron chi connectivity index (χ4n) is 1.98. The fraction of sp³-hybridized carbons (Fsp3) is 0.333. The van der Waals surface area contributed by atoms with Gasteiger partial charge in [0, 0.05) is 19.3 Å². The van der Waals surface area contributed by atoms with Crippen molar-refractivity contribution in [1.82, 2.24) is 9.97 Å². The number of fused-ring (bicyclic) bond motifs is 1. The van der Waals surface area contributed by atoms with Crippen molar-refractivity contribution in [3.05, 3.63) is 29.5 Å². The van der Waals surface area contributed by atoms with E-state index in [1.54, 1.807) is 12.3 Å². The van der Waals surface area contributed by atoms with Crippen LogP contribution in [0.25, 0.3) is 11.0 Å². The highest BCUT2D eigenvalue weighted by atomic mass is 35.5. The molecule has 5 heteroatoms. The Labute approximate surface area is 104 Å². The zero-order chi connectivity index (χ0) is 11.7. The number of nitrogens with zero attached hydrogens (tertiary/aromatic N) is 3. The molecule has 0 saturated carbocycles. The average Bonchev–Trinajstić information content (AvgIpc) is 2.40. The van der Waals surface area contributed by atoms with Gasteiger partial charge in [-0.25, -0.2) is 0 Å². The summed E-state index contributed by atoms with van der Waals surface area (Å²) in [6, 6.07) is 3.78. The van der Waals surface area contributed by atoms with Gasteiger partial charge in [0.2, 0.25) is 0 Å². The Kier molecular flexibility index (Phi) is 2.82. The Balaban J connectivity index is 2.01. The maximum Gasteiger partial charge on any atom is 0.107 e. The van der Waals surface area contributed by atoms with E-state index in [-0.39, 0.29) is 0 Å². The number of rotatable bonds is 1. The van der Waals surface area contributed by atoms with Gasteiger partial charge in [-0.2, -0.15) is 0 Å². The van der Waals surface area contributed by atoms with E-state index in [1.807, 2.05) is 12.3 Å². The quantitative estimate of drug-likeness (QED) is 0.776. The lowest BCUT2D eigenvalue weighted by atomic mass is 10.2. The van der Waals surface area contributed by atoms with Crippen molar-refractivity contribution < 1.29 is 4.74 Å². The number of pyridine rings is 2. The highest BCUT2D eigenvalue weighted by molar-refractivity contribution is 6.34. The molecule has 1 fully saturated rings. The molecule has 17 heavy (non-hydrogen) atoms. The monoisotopic (exact) mass is 249 g/mol. The van der Waals surface area contributed by atoms with Crippen LogP contribution in [0.4, 0.5) is 5.69 Å².